The topological polar surface area (TPSA) is 48.0 Å². The third-order valence-corrected chi connectivity index (χ3v) is 8.98. The average molecular weight is 494 g/mol. The summed E-state index contributed by atoms with van der Waals surface area (Å²) in [5.41, 5.74) is 2.05. The number of thiophene rings is 1. The van der Waals surface area contributed by atoms with Crippen LogP contribution in [0.2, 0.25) is 0 Å². The summed E-state index contributed by atoms with van der Waals surface area (Å²) in [5.74, 6) is 4.46. The average Bonchev–Trinajstić information content (AvgIpc) is 3.59. The van der Waals surface area contributed by atoms with E-state index in [1.54, 1.807) is 11.3 Å². The number of nitrogens with zero attached hydrogens (tertiary/aromatic N) is 1. The molecule has 1 amide bonds. The molecular weight excluding hydrogens is 466 g/mol. The highest BCUT2D eigenvalue weighted by Crippen LogP contribution is 2.40. The number of thioether (sulfide) groups is 1. The van der Waals surface area contributed by atoms with Crippen LogP contribution in [0.4, 0.5) is 0 Å². The van der Waals surface area contributed by atoms with E-state index in [4.69, 9.17) is 14.2 Å². The Kier molecular flexibility index (Phi) is 6.14. The van der Waals surface area contributed by atoms with Crippen LogP contribution in [0.1, 0.15) is 46.5 Å². The molecule has 6 rings (SSSR count). The third-order valence-electron chi connectivity index (χ3n) is 6.87. The SMILES string of the molecule is O=C(c1ccc(CSCc2cccs2)cc1)N1C2CCC1CC(Oc1ccc3c(c1)OCO3)C2. The van der Waals surface area contributed by atoms with Crippen molar-refractivity contribution >= 4 is 29.0 Å². The van der Waals surface area contributed by atoms with Crippen LogP contribution in [0.3, 0.4) is 0 Å². The summed E-state index contributed by atoms with van der Waals surface area (Å²) in [6.45, 7) is 0.262. The molecule has 3 aliphatic rings. The number of rotatable bonds is 7. The molecule has 2 unspecified atom stereocenters. The van der Waals surface area contributed by atoms with Gasteiger partial charge >= 0.3 is 0 Å². The first-order chi connectivity index (χ1) is 16.7. The zero-order chi connectivity index (χ0) is 22.9. The Hall–Kier alpha value is -2.64. The minimum atomic E-state index is 0.115. The van der Waals surface area contributed by atoms with Gasteiger partial charge in [-0.2, -0.15) is 11.8 Å². The summed E-state index contributed by atoms with van der Waals surface area (Å²) in [4.78, 5) is 16.9. The lowest BCUT2D eigenvalue weighted by molar-refractivity contribution is 0.0358. The van der Waals surface area contributed by atoms with Crippen LogP contribution in [0.5, 0.6) is 17.2 Å². The predicted molar refractivity (Wildman–Crippen MR) is 135 cm³/mol. The Morgan fingerprint density at radius 3 is 2.56 bits per heavy atom. The van der Waals surface area contributed by atoms with Gasteiger partial charge in [-0.25, -0.2) is 0 Å². The van der Waals surface area contributed by atoms with Crippen molar-refractivity contribution in [3.63, 3.8) is 0 Å². The van der Waals surface area contributed by atoms with Crippen LogP contribution < -0.4 is 14.2 Å². The van der Waals surface area contributed by atoms with E-state index in [1.165, 1.54) is 10.4 Å². The maximum atomic E-state index is 13.4. The van der Waals surface area contributed by atoms with Crippen molar-refractivity contribution < 1.29 is 19.0 Å². The molecule has 34 heavy (non-hydrogen) atoms. The van der Waals surface area contributed by atoms with E-state index >= 15 is 0 Å². The van der Waals surface area contributed by atoms with Crippen molar-refractivity contribution in [2.45, 2.75) is 55.4 Å². The monoisotopic (exact) mass is 493 g/mol. The quantitative estimate of drug-likeness (QED) is 0.397. The molecule has 2 aromatic carbocycles. The van der Waals surface area contributed by atoms with Gasteiger partial charge in [0.05, 0.1) is 0 Å². The van der Waals surface area contributed by atoms with E-state index in [-0.39, 0.29) is 30.9 Å². The van der Waals surface area contributed by atoms with Gasteiger partial charge < -0.3 is 19.1 Å². The van der Waals surface area contributed by atoms with Crippen molar-refractivity contribution in [2.75, 3.05) is 6.79 Å². The molecule has 0 N–H and O–H groups in total. The summed E-state index contributed by atoms with van der Waals surface area (Å²) < 4.78 is 17.2. The molecule has 5 nitrogen and oxygen atoms in total. The molecule has 0 saturated carbocycles. The Balaban J connectivity index is 1.05. The standard InChI is InChI=1S/C27H27NO4S2/c29-27(19-5-3-18(4-6-19)15-33-16-24-2-1-11-34-24)28-20-7-8-21(28)13-23(12-20)32-22-9-10-25-26(14-22)31-17-30-25/h1-6,9-11,14,20-21,23H,7-8,12-13,15-17H2. The molecule has 176 valence electrons. The fraction of sp³-hybridized carbons (Fsp3) is 0.370. The second-order valence-corrected chi connectivity index (χ2v) is 11.1. The number of carbonyl (C=O) groups is 1. The van der Waals surface area contributed by atoms with Crippen LogP contribution >= 0.6 is 23.1 Å². The second kappa shape index (κ2) is 9.55. The highest BCUT2D eigenvalue weighted by atomic mass is 32.2. The molecule has 3 aliphatic heterocycles. The minimum absolute atomic E-state index is 0.115. The lowest BCUT2D eigenvalue weighted by atomic mass is 9.98. The maximum absolute atomic E-state index is 13.4. The zero-order valence-corrected chi connectivity index (χ0v) is 20.5. The summed E-state index contributed by atoms with van der Waals surface area (Å²) in [6.07, 6.45) is 3.95. The van der Waals surface area contributed by atoms with E-state index < -0.39 is 0 Å². The van der Waals surface area contributed by atoms with Crippen LogP contribution in [-0.4, -0.2) is 35.8 Å². The highest BCUT2D eigenvalue weighted by molar-refractivity contribution is 7.97. The first-order valence-electron chi connectivity index (χ1n) is 11.8. The van der Waals surface area contributed by atoms with Crippen LogP contribution in [-0.2, 0) is 11.5 Å². The van der Waals surface area contributed by atoms with Crippen molar-refractivity contribution in [2.24, 2.45) is 0 Å². The number of benzene rings is 2. The Bertz CT molecular complexity index is 1130. The molecule has 2 saturated heterocycles. The van der Waals surface area contributed by atoms with Gasteiger partial charge in [0.25, 0.3) is 5.91 Å². The summed E-state index contributed by atoms with van der Waals surface area (Å²) in [5, 5.41) is 2.12. The lowest BCUT2D eigenvalue weighted by Gasteiger charge is -2.39. The molecule has 1 aromatic heterocycles. The van der Waals surface area contributed by atoms with Crippen LogP contribution in [0.25, 0.3) is 0 Å². The summed E-state index contributed by atoms with van der Waals surface area (Å²) in [7, 11) is 0. The van der Waals surface area contributed by atoms with Crippen molar-refractivity contribution in [1.82, 2.24) is 4.90 Å². The Morgan fingerprint density at radius 2 is 1.79 bits per heavy atom. The fourth-order valence-electron chi connectivity index (χ4n) is 5.25. The first-order valence-corrected chi connectivity index (χ1v) is 13.8. The molecule has 2 atom stereocenters. The lowest BCUT2D eigenvalue weighted by Crippen LogP contribution is -2.49. The molecule has 2 fully saturated rings. The van der Waals surface area contributed by atoms with Gasteiger partial charge in [-0.15, -0.1) is 11.3 Å². The van der Waals surface area contributed by atoms with Gasteiger partial charge in [0.2, 0.25) is 6.79 Å². The molecule has 3 aromatic rings. The predicted octanol–water partition coefficient (Wildman–Crippen LogP) is 6.12. The van der Waals surface area contributed by atoms with Gasteiger partial charge in [-0.3, -0.25) is 4.79 Å². The fourth-order valence-corrected chi connectivity index (χ4v) is 7.09. The van der Waals surface area contributed by atoms with Gasteiger partial charge in [-0.1, -0.05) is 18.2 Å². The number of piperidine rings is 1. The molecule has 4 heterocycles. The Morgan fingerprint density at radius 1 is 1.00 bits per heavy atom. The number of hydrogen-bond donors (Lipinski definition) is 0. The normalized spacial score (nSPS) is 22.7. The molecule has 0 radical (unpaired) electrons. The largest absolute Gasteiger partial charge is 0.490 e. The number of amides is 1. The first kappa shape index (κ1) is 21.9. The van der Waals surface area contributed by atoms with Crippen molar-refractivity contribution in [1.29, 1.82) is 0 Å². The van der Waals surface area contributed by atoms with Crippen LogP contribution in [0.15, 0.2) is 60.0 Å². The third kappa shape index (κ3) is 4.51. The smallest absolute Gasteiger partial charge is 0.254 e. The van der Waals surface area contributed by atoms with E-state index in [1.807, 2.05) is 42.1 Å². The maximum Gasteiger partial charge on any atom is 0.254 e. The van der Waals surface area contributed by atoms with Gasteiger partial charge in [0, 0.05) is 52.9 Å². The Labute approximate surface area is 208 Å². The minimum Gasteiger partial charge on any atom is -0.490 e. The van der Waals surface area contributed by atoms with Gasteiger partial charge in [0.15, 0.2) is 11.5 Å². The molecule has 2 bridgehead atoms. The van der Waals surface area contributed by atoms with Gasteiger partial charge in [-0.05, 0) is 54.1 Å². The number of fused-ring (bicyclic) bond motifs is 3. The van der Waals surface area contributed by atoms with E-state index in [0.717, 1.165) is 60.0 Å². The molecule has 0 spiro atoms. The van der Waals surface area contributed by atoms with E-state index in [0.29, 0.717) is 0 Å². The number of carbonyl (C=O) groups excluding carboxylic acids is 1. The summed E-state index contributed by atoms with van der Waals surface area (Å²) in [6, 6.07) is 18.7. The van der Waals surface area contributed by atoms with Gasteiger partial charge in [0.1, 0.15) is 11.9 Å². The molecule has 7 heteroatoms. The number of ether oxygens (including phenoxy) is 3. The van der Waals surface area contributed by atoms with E-state index in [2.05, 4.69) is 34.5 Å². The van der Waals surface area contributed by atoms with Crippen LogP contribution in [0, 0.1) is 0 Å². The highest BCUT2D eigenvalue weighted by Gasteiger charge is 2.44. The zero-order valence-electron chi connectivity index (χ0n) is 18.9. The second-order valence-electron chi connectivity index (χ2n) is 9.09. The van der Waals surface area contributed by atoms with Crippen molar-refractivity contribution in [3.8, 4) is 17.2 Å². The van der Waals surface area contributed by atoms with Crippen molar-refractivity contribution in [3.05, 3.63) is 76.0 Å². The number of hydrogen-bond acceptors (Lipinski definition) is 6. The molecule has 0 aliphatic carbocycles. The summed E-state index contributed by atoms with van der Waals surface area (Å²) >= 11 is 3.71. The molecular formula is C27H27NO4S2. The van der Waals surface area contributed by atoms with E-state index in [9.17, 15) is 4.79 Å².